The van der Waals surface area contributed by atoms with Crippen molar-refractivity contribution in [2.75, 3.05) is 25.1 Å². The first-order valence-electron chi connectivity index (χ1n) is 13.0. The number of ether oxygens (including phenoxy) is 2. The van der Waals surface area contributed by atoms with Crippen molar-refractivity contribution in [2.24, 2.45) is 13.0 Å². The molecule has 3 aromatic rings. The maximum atomic E-state index is 12.8. The monoisotopic (exact) mass is 491 g/mol. The predicted molar refractivity (Wildman–Crippen MR) is 141 cm³/mol. The van der Waals surface area contributed by atoms with Crippen molar-refractivity contribution in [3.63, 3.8) is 0 Å². The standard InChI is InChI=1S/C29H37N3O4/c1-29(34)12-9-23(10-13-29)30-17-25-16-22-15-24(5-8-27(22)32(25)2)31-28(33)21-3-6-26(7-4-21)36-19-20-11-14-35-18-20/h3-8,15-16,20,23,30,34H,9-14,17-19H2,1-2H3,(H,31,33). The number of nitrogens with one attached hydrogen (secondary N) is 2. The van der Waals surface area contributed by atoms with Gasteiger partial charge in [-0.15, -0.1) is 0 Å². The van der Waals surface area contributed by atoms with Crippen LogP contribution < -0.4 is 15.4 Å². The fourth-order valence-electron chi connectivity index (χ4n) is 5.18. The summed E-state index contributed by atoms with van der Waals surface area (Å²) in [6.45, 7) is 4.92. The first kappa shape index (κ1) is 24.8. The van der Waals surface area contributed by atoms with Crippen LogP contribution in [0.15, 0.2) is 48.5 Å². The van der Waals surface area contributed by atoms with Crippen LogP contribution in [0.4, 0.5) is 5.69 Å². The van der Waals surface area contributed by atoms with Crippen LogP contribution in [-0.2, 0) is 18.3 Å². The third-order valence-corrected chi connectivity index (χ3v) is 7.66. The van der Waals surface area contributed by atoms with Gasteiger partial charge in [-0.1, -0.05) is 0 Å². The lowest BCUT2D eigenvalue weighted by Crippen LogP contribution is -2.39. The summed E-state index contributed by atoms with van der Waals surface area (Å²) in [5.41, 5.74) is 3.18. The number of aryl methyl sites for hydroxylation is 1. The van der Waals surface area contributed by atoms with Gasteiger partial charge >= 0.3 is 0 Å². The molecule has 2 fully saturated rings. The van der Waals surface area contributed by atoms with Gasteiger partial charge in [0.2, 0.25) is 0 Å². The van der Waals surface area contributed by atoms with Gasteiger partial charge < -0.3 is 29.8 Å². The zero-order valence-corrected chi connectivity index (χ0v) is 21.3. The van der Waals surface area contributed by atoms with E-state index in [1.54, 1.807) is 12.1 Å². The Bertz CT molecular complexity index is 1190. The number of hydrogen-bond donors (Lipinski definition) is 3. The zero-order chi connectivity index (χ0) is 25.1. The number of rotatable bonds is 8. The molecule has 192 valence electrons. The summed E-state index contributed by atoms with van der Waals surface area (Å²) >= 11 is 0. The molecule has 7 nitrogen and oxygen atoms in total. The summed E-state index contributed by atoms with van der Waals surface area (Å²) in [5.74, 6) is 1.07. The largest absolute Gasteiger partial charge is 0.493 e. The van der Waals surface area contributed by atoms with Gasteiger partial charge in [-0.05, 0) is 87.6 Å². The minimum Gasteiger partial charge on any atom is -0.493 e. The average Bonchev–Trinajstić information content (AvgIpc) is 3.50. The number of nitrogens with zero attached hydrogens (tertiary/aromatic N) is 1. The molecule has 7 heteroatoms. The van der Waals surface area contributed by atoms with E-state index < -0.39 is 5.60 Å². The fourth-order valence-corrected chi connectivity index (χ4v) is 5.18. The smallest absolute Gasteiger partial charge is 0.255 e. The molecule has 0 bridgehead atoms. The number of carbonyl (C=O) groups excluding carboxylic acids is 1. The Morgan fingerprint density at radius 2 is 1.92 bits per heavy atom. The SMILES string of the molecule is Cn1c(CNC2CCC(C)(O)CC2)cc2cc(NC(=O)c3ccc(OCC4CCOC4)cc3)ccc21. The van der Waals surface area contributed by atoms with Crippen LogP contribution in [0.2, 0.25) is 0 Å². The molecule has 1 unspecified atom stereocenters. The van der Waals surface area contributed by atoms with Crippen LogP contribution in [0.5, 0.6) is 5.75 Å². The van der Waals surface area contributed by atoms with Crippen molar-refractivity contribution >= 4 is 22.5 Å². The van der Waals surface area contributed by atoms with Gasteiger partial charge in [0.05, 0.1) is 18.8 Å². The average molecular weight is 492 g/mol. The number of carbonyl (C=O) groups is 1. The number of aliphatic hydroxyl groups is 1. The first-order valence-corrected chi connectivity index (χ1v) is 13.0. The number of amides is 1. The molecule has 1 saturated carbocycles. The number of hydrogen-bond acceptors (Lipinski definition) is 5. The van der Waals surface area contributed by atoms with Gasteiger partial charge in [-0.25, -0.2) is 0 Å². The van der Waals surface area contributed by atoms with Crippen LogP contribution in [0, 0.1) is 5.92 Å². The first-order chi connectivity index (χ1) is 17.4. The second-order valence-corrected chi connectivity index (χ2v) is 10.6. The van der Waals surface area contributed by atoms with Crippen LogP contribution in [0.1, 0.15) is 55.1 Å². The summed E-state index contributed by atoms with van der Waals surface area (Å²) in [5, 5.41) is 18.0. The van der Waals surface area contributed by atoms with Crippen LogP contribution in [-0.4, -0.2) is 47.0 Å². The highest BCUT2D eigenvalue weighted by Crippen LogP contribution is 2.28. The molecule has 3 N–H and O–H groups in total. The van der Waals surface area contributed by atoms with Crippen LogP contribution in [0.3, 0.4) is 0 Å². The highest BCUT2D eigenvalue weighted by atomic mass is 16.5. The zero-order valence-electron chi connectivity index (χ0n) is 21.3. The van der Waals surface area contributed by atoms with Crippen molar-refractivity contribution in [2.45, 2.75) is 57.2 Å². The Morgan fingerprint density at radius 3 is 2.64 bits per heavy atom. The second kappa shape index (κ2) is 10.6. The second-order valence-electron chi connectivity index (χ2n) is 10.6. The molecule has 2 aliphatic rings. The van der Waals surface area contributed by atoms with Crippen molar-refractivity contribution in [3.05, 3.63) is 59.8 Å². The van der Waals surface area contributed by atoms with Crippen molar-refractivity contribution < 1.29 is 19.4 Å². The number of fused-ring (bicyclic) bond motifs is 1. The third-order valence-electron chi connectivity index (χ3n) is 7.66. The van der Waals surface area contributed by atoms with E-state index in [1.165, 1.54) is 5.69 Å². The Balaban J connectivity index is 1.17. The third kappa shape index (κ3) is 5.91. The highest BCUT2D eigenvalue weighted by molar-refractivity contribution is 6.05. The Kier molecular flexibility index (Phi) is 7.32. The number of aromatic nitrogens is 1. The van der Waals surface area contributed by atoms with Gasteiger partial charge in [0.1, 0.15) is 5.75 Å². The van der Waals surface area contributed by atoms with E-state index in [4.69, 9.17) is 9.47 Å². The van der Waals surface area contributed by atoms with Gasteiger partial charge in [-0.3, -0.25) is 4.79 Å². The van der Waals surface area contributed by atoms with Crippen molar-refractivity contribution in [1.29, 1.82) is 0 Å². The molecule has 0 radical (unpaired) electrons. The lowest BCUT2D eigenvalue weighted by atomic mass is 9.84. The van der Waals surface area contributed by atoms with E-state index in [9.17, 15) is 9.90 Å². The van der Waals surface area contributed by atoms with Gasteiger partial charge in [0.15, 0.2) is 0 Å². The summed E-state index contributed by atoms with van der Waals surface area (Å²) in [7, 11) is 2.08. The Labute approximate surface area is 212 Å². The molecule has 0 spiro atoms. The summed E-state index contributed by atoms with van der Waals surface area (Å²) in [6.07, 6.45) is 4.71. The van der Waals surface area contributed by atoms with Crippen LogP contribution in [0.25, 0.3) is 10.9 Å². The number of benzene rings is 2. The van der Waals surface area contributed by atoms with Gasteiger partial charge in [0.25, 0.3) is 5.91 Å². The molecular weight excluding hydrogens is 454 g/mol. The van der Waals surface area contributed by atoms with Crippen molar-refractivity contribution in [3.8, 4) is 5.75 Å². The fraction of sp³-hybridized carbons (Fsp3) is 0.483. The summed E-state index contributed by atoms with van der Waals surface area (Å²) in [6, 6.07) is 15.9. The summed E-state index contributed by atoms with van der Waals surface area (Å²) < 4.78 is 13.4. The molecule has 1 saturated heterocycles. The van der Waals surface area contributed by atoms with E-state index >= 15 is 0 Å². The quantitative estimate of drug-likeness (QED) is 0.428. The molecule has 5 rings (SSSR count). The molecule has 2 aromatic carbocycles. The molecule has 1 atom stereocenters. The van der Waals surface area contributed by atoms with Gasteiger partial charge in [-0.2, -0.15) is 0 Å². The Morgan fingerprint density at radius 1 is 1.14 bits per heavy atom. The minimum absolute atomic E-state index is 0.143. The van der Waals surface area contributed by atoms with E-state index in [1.807, 2.05) is 31.2 Å². The lowest BCUT2D eigenvalue weighted by Gasteiger charge is -2.33. The number of anilines is 1. The molecular formula is C29H37N3O4. The maximum Gasteiger partial charge on any atom is 0.255 e. The van der Waals surface area contributed by atoms with E-state index in [-0.39, 0.29) is 5.91 Å². The normalized spacial score (nSPS) is 24.2. The van der Waals surface area contributed by atoms with Gasteiger partial charge in [0, 0.05) is 60.0 Å². The van der Waals surface area contributed by atoms with E-state index in [0.717, 1.165) is 74.2 Å². The van der Waals surface area contributed by atoms with Crippen molar-refractivity contribution in [1.82, 2.24) is 9.88 Å². The summed E-state index contributed by atoms with van der Waals surface area (Å²) in [4.78, 5) is 12.8. The molecule has 1 aliphatic heterocycles. The molecule has 1 amide bonds. The maximum absolute atomic E-state index is 12.8. The Hall–Kier alpha value is -2.87. The molecule has 36 heavy (non-hydrogen) atoms. The molecule has 2 heterocycles. The van der Waals surface area contributed by atoms with E-state index in [2.05, 4.69) is 34.4 Å². The molecule has 1 aliphatic carbocycles. The minimum atomic E-state index is -0.515. The van der Waals surface area contributed by atoms with E-state index in [0.29, 0.717) is 24.1 Å². The van der Waals surface area contributed by atoms with Crippen LogP contribution >= 0.6 is 0 Å². The predicted octanol–water partition coefficient (Wildman–Crippen LogP) is 4.63. The highest BCUT2D eigenvalue weighted by Gasteiger charge is 2.28. The lowest BCUT2D eigenvalue weighted by molar-refractivity contribution is 0.0139. The topological polar surface area (TPSA) is 84.8 Å². The molecule has 1 aromatic heterocycles.